The first-order valence-electron chi connectivity index (χ1n) is 6.98. The highest BCUT2D eigenvalue weighted by molar-refractivity contribution is 7.91. The highest BCUT2D eigenvalue weighted by Crippen LogP contribution is 2.17. The lowest BCUT2D eigenvalue weighted by Gasteiger charge is -2.12. The van der Waals surface area contributed by atoms with Gasteiger partial charge >= 0.3 is 0 Å². The summed E-state index contributed by atoms with van der Waals surface area (Å²) in [7, 11) is -1.36. The first kappa shape index (κ1) is 17.9. The van der Waals surface area contributed by atoms with Gasteiger partial charge in [-0.05, 0) is 19.1 Å². The molecule has 0 amide bonds. The molecule has 7 heteroatoms. The molecule has 1 aromatic rings. The SMILES string of the molecule is CCS(=O)(=O)CCOc1ccc(C)nc1CNCCOC. The summed E-state index contributed by atoms with van der Waals surface area (Å²) in [5.74, 6) is 0.777. The number of hydrogen-bond donors (Lipinski definition) is 1. The third kappa shape index (κ3) is 6.88. The van der Waals surface area contributed by atoms with Crippen LogP contribution >= 0.6 is 0 Å². The zero-order valence-electron chi connectivity index (χ0n) is 12.9. The Labute approximate surface area is 126 Å². The van der Waals surface area contributed by atoms with Crippen LogP contribution in [0.4, 0.5) is 0 Å². The van der Waals surface area contributed by atoms with Gasteiger partial charge in [0.05, 0.1) is 18.1 Å². The number of aryl methyl sites for hydroxylation is 1. The Morgan fingerprint density at radius 2 is 2.05 bits per heavy atom. The predicted molar refractivity (Wildman–Crippen MR) is 82.4 cm³/mol. The van der Waals surface area contributed by atoms with Gasteiger partial charge in [0, 0.05) is 31.6 Å². The number of rotatable bonds is 10. The van der Waals surface area contributed by atoms with Crippen LogP contribution in [-0.4, -0.2) is 51.8 Å². The van der Waals surface area contributed by atoms with Gasteiger partial charge in [0.15, 0.2) is 9.84 Å². The van der Waals surface area contributed by atoms with Crippen molar-refractivity contribution in [2.24, 2.45) is 0 Å². The van der Waals surface area contributed by atoms with Crippen molar-refractivity contribution < 1.29 is 17.9 Å². The van der Waals surface area contributed by atoms with Crippen LogP contribution in [0.15, 0.2) is 12.1 Å². The third-order valence-corrected chi connectivity index (χ3v) is 4.61. The van der Waals surface area contributed by atoms with E-state index in [0.29, 0.717) is 18.9 Å². The first-order chi connectivity index (χ1) is 9.98. The number of pyridine rings is 1. The molecule has 0 atom stereocenters. The molecule has 120 valence electrons. The van der Waals surface area contributed by atoms with Crippen molar-refractivity contribution >= 4 is 9.84 Å². The number of nitrogens with zero attached hydrogens (tertiary/aromatic N) is 1. The summed E-state index contributed by atoms with van der Waals surface area (Å²) in [6.45, 7) is 5.58. The number of ether oxygens (including phenoxy) is 2. The zero-order chi connectivity index (χ0) is 15.7. The van der Waals surface area contributed by atoms with Crippen molar-refractivity contribution in [3.63, 3.8) is 0 Å². The molecule has 0 unspecified atom stereocenters. The zero-order valence-corrected chi connectivity index (χ0v) is 13.7. The standard InChI is InChI=1S/C14H24N2O4S/c1-4-21(17,18)10-9-20-14-6-5-12(2)16-13(14)11-15-7-8-19-3/h5-6,15H,4,7-11H2,1-3H3. The fraction of sp³-hybridized carbons (Fsp3) is 0.643. The van der Waals surface area contributed by atoms with Crippen molar-refractivity contribution in [2.75, 3.05) is 38.4 Å². The largest absolute Gasteiger partial charge is 0.491 e. The van der Waals surface area contributed by atoms with Crippen LogP contribution in [0.3, 0.4) is 0 Å². The summed E-state index contributed by atoms with van der Waals surface area (Å²) in [5, 5.41) is 3.20. The predicted octanol–water partition coefficient (Wildman–Crippen LogP) is 0.940. The third-order valence-electron chi connectivity index (χ3n) is 2.94. The van der Waals surface area contributed by atoms with E-state index in [0.717, 1.165) is 17.9 Å². The van der Waals surface area contributed by atoms with E-state index < -0.39 is 9.84 Å². The molecular weight excluding hydrogens is 292 g/mol. The molecule has 0 saturated heterocycles. The Morgan fingerprint density at radius 3 is 2.71 bits per heavy atom. The summed E-state index contributed by atoms with van der Waals surface area (Å²) in [6, 6.07) is 3.68. The Bertz CT molecular complexity index is 532. The molecule has 0 radical (unpaired) electrons. The fourth-order valence-corrected chi connectivity index (χ4v) is 2.29. The molecule has 1 N–H and O–H groups in total. The van der Waals surface area contributed by atoms with Gasteiger partial charge in [-0.2, -0.15) is 0 Å². The molecule has 0 aliphatic rings. The number of hydrogen-bond acceptors (Lipinski definition) is 6. The van der Waals surface area contributed by atoms with Crippen LogP contribution in [0, 0.1) is 6.92 Å². The summed E-state index contributed by atoms with van der Waals surface area (Å²) in [4.78, 5) is 4.43. The van der Waals surface area contributed by atoms with Crippen LogP contribution < -0.4 is 10.1 Å². The highest BCUT2D eigenvalue weighted by Gasteiger charge is 2.10. The number of nitrogens with one attached hydrogen (secondary N) is 1. The Balaban J connectivity index is 2.59. The van der Waals surface area contributed by atoms with E-state index >= 15 is 0 Å². The minimum atomic E-state index is -3.01. The summed E-state index contributed by atoms with van der Waals surface area (Å²) in [5.41, 5.74) is 1.67. The van der Waals surface area contributed by atoms with Gasteiger partial charge < -0.3 is 14.8 Å². The molecule has 0 bridgehead atoms. The molecule has 1 rings (SSSR count). The Kier molecular flexibility index (Phi) is 7.63. The molecule has 0 aromatic carbocycles. The second-order valence-corrected chi connectivity index (χ2v) is 7.12. The van der Waals surface area contributed by atoms with Crippen LogP contribution in [0.2, 0.25) is 0 Å². The van der Waals surface area contributed by atoms with Crippen molar-refractivity contribution in [2.45, 2.75) is 20.4 Å². The fourth-order valence-electron chi connectivity index (χ4n) is 1.66. The molecule has 0 spiro atoms. The highest BCUT2D eigenvalue weighted by atomic mass is 32.2. The molecule has 1 aromatic heterocycles. The van der Waals surface area contributed by atoms with E-state index in [2.05, 4.69) is 10.3 Å². The molecule has 6 nitrogen and oxygen atoms in total. The number of sulfone groups is 1. The second kappa shape index (κ2) is 8.96. The van der Waals surface area contributed by atoms with Gasteiger partial charge in [-0.3, -0.25) is 4.98 Å². The smallest absolute Gasteiger partial charge is 0.153 e. The van der Waals surface area contributed by atoms with Gasteiger partial charge in [-0.25, -0.2) is 8.42 Å². The van der Waals surface area contributed by atoms with Gasteiger partial charge in [-0.1, -0.05) is 6.92 Å². The first-order valence-corrected chi connectivity index (χ1v) is 8.80. The average molecular weight is 316 g/mol. The number of aromatic nitrogens is 1. The van der Waals surface area contributed by atoms with E-state index in [1.165, 1.54) is 0 Å². The summed E-state index contributed by atoms with van der Waals surface area (Å²) in [6.07, 6.45) is 0. The van der Waals surface area contributed by atoms with Crippen molar-refractivity contribution in [3.8, 4) is 5.75 Å². The Morgan fingerprint density at radius 1 is 1.29 bits per heavy atom. The molecule has 0 aliphatic heterocycles. The quantitative estimate of drug-likeness (QED) is 0.647. The van der Waals surface area contributed by atoms with Crippen molar-refractivity contribution in [3.05, 3.63) is 23.5 Å². The molecule has 0 fully saturated rings. The van der Waals surface area contributed by atoms with Crippen molar-refractivity contribution in [1.82, 2.24) is 10.3 Å². The molecular formula is C14H24N2O4S. The van der Waals surface area contributed by atoms with Gasteiger partial charge in [0.1, 0.15) is 12.4 Å². The number of methoxy groups -OCH3 is 1. The lowest BCUT2D eigenvalue weighted by Crippen LogP contribution is -2.21. The van der Waals surface area contributed by atoms with Crippen LogP contribution in [-0.2, 0) is 21.1 Å². The minimum Gasteiger partial charge on any atom is -0.491 e. The van der Waals surface area contributed by atoms with Crippen LogP contribution in [0.25, 0.3) is 0 Å². The normalized spacial score (nSPS) is 11.6. The van der Waals surface area contributed by atoms with E-state index in [1.807, 2.05) is 19.1 Å². The van der Waals surface area contributed by atoms with Crippen molar-refractivity contribution in [1.29, 1.82) is 0 Å². The minimum absolute atomic E-state index is 0.0217. The lowest BCUT2D eigenvalue weighted by atomic mass is 10.3. The average Bonchev–Trinajstić information content (AvgIpc) is 2.45. The Hall–Kier alpha value is -1.18. The van der Waals surface area contributed by atoms with E-state index in [1.54, 1.807) is 14.0 Å². The maximum atomic E-state index is 11.5. The maximum absolute atomic E-state index is 11.5. The summed E-state index contributed by atoms with van der Waals surface area (Å²) >= 11 is 0. The van der Waals surface area contributed by atoms with E-state index in [-0.39, 0.29) is 18.1 Å². The van der Waals surface area contributed by atoms with Gasteiger partial charge in [-0.15, -0.1) is 0 Å². The topological polar surface area (TPSA) is 77.5 Å². The van der Waals surface area contributed by atoms with E-state index in [4.69, 9.17) is 9.47 Å². The summed E-state index contributed by atoms with van der Waals surface area (Å²) < 4.78 is 33.4. The lowest BCUT2D eigenvalue weighted by molar-refractivity contribution is 0.199. The second-order valence-electron chi connectivity index (χ2n) is 4.65. The van der Waals surface area contributed by atoms with E-state index in [9.17, 15) is 8.42 Å². The monoisotopic (exact) mass is 316 g/mol. The van der Waals surface area contributed by atoms with Crippen LogP contribution in [0.1, 0.15) is 18.3 Å². The maximum Gasteiger partial charge on any atom is 0.153 e. The van der Waals surface area contributed by atoms with Gasteiger partial charge in [0.2, 0.25) is 0 Å². The molecule has 1 heterocycles. The van der Waals surface area contributed by atoms with Gasteiger partial charge in [0.25, 0.3) is 0 Å². The molecule has 0 saturated carbocycles. The molecule has 0 aliphatic carbocycles. The van der Waals surface area contributed by atoms with Crippen LogP contribution in [0.5, 0.6) is 5.75 Å². The molecule has 21 heavy (non-hydrogen) atoms.